The first-order valence-corrected chi connectivity index (χ1v) is 10.2. The lowest BCUT2D eigenvalue weighted by molar-refractivity contribution is 0.171. The molecule has 0 aliphatic carbocycles. The fraction of sp³-hybridized carbons (Fsp3) is 0.316. The van der Waals surface area contributed by atoms with E-state index in [0.717, 1.165) is 22.7 Å². The molecule has 0 fully saturated rings. The Kier molecular flexibility index (Phi) is 4.32. The number of aryl methyl sites for hydroxylation is 1. The molecule has 142 valence electrons. The first-order chi connectivity index (χ1) is 12.9. The van der Waals surface area contributed by atoms with Crippen molar-refractivity contribution in [2.75, 3.05) is 27.3 Å². The van der Waals surface area contributed by atoms with Gasteiger partial charge in [-0.25, -0.2) is 17.7 Å². The standard InChI is InChI=1S/C19H21N3O4S/c1-4-22-16-7-6-14(27(23,24)21(2)3)12-15(16)20-19(22)13-5-8-17-18(11-13)26-10-9-25-17/h5-8,11-12H,4,9-10H2,1-3H3. The summed E-state index contributed by atoms with van der Waals surface area (Å²) in [6.07, 6.45) is 0. The van der Waals surface area contributed by atoms with Crippen molar-refractivity contribution in [3.05, 3.63) is 36.4 Å². The molecule has 2 heterocycles. The van der Waals surface area contributed by atoms with Crippen LogP contribution in [0.4, 0.5) is 0 Å². The van der Waals surface area contributed by atoms with Crippen LogP contribution in [-0.2, 0) is 16.6 Å². The van der Waals surface area contributed by atoms with Crippen molar-refractivity contribution in [3.8, 4) is 22.9 Å². The maximum Gasteiger partial charge on any atom is 0.242 e. The third-order valence-electron chi connectivity index (χ3n) is 4.61. The normalized spacial score (nSPS) is 14.1. The summed E-state index contributed by atoms with van der Waals surface area (Å²) in [7, 11) is -0.471. The van der Waals surface area contributed by atoms with Crippen LogP contribution in [-0.4, -0.2) is 49.6 Å². The van der Waals surface area contributed by atoms with E-state index in [9.17, 15) is 8.42 Å². The minimum Gasteiger partial charge on any atom is -0.486 e. The molecule has 0 radical (unpaired) electrons. The highest BCUT2D eigenvalue weighted by atomic mass is 32.2. The summed E-state index contributed by atoms with van der Waals surface area (Å²) in [6.45, 7) is 3.81. The number of ether oxygens (including phenoxy) is 2. The highest BCUT2D eigenvalue weighted by Gasteiger charge is 2.21. The van der Waals surface area contributed by atoms with Crippen molar-refractivity contribution in [2.45, 2.75) is 18.4 Å². The summed E-state index contributed by atoms with van der Waals surface area (Å²) < 4.78 is 39.4. The van der Waals surface area contributed by atoms with E-state index < -0.39 is 10.0 Å². The zero-order valence-electron chi connectivity index (χ0n) is 15.5. The maximum absolute atomic E-state index is 12.4. The third-order valence-corrected chi connectivity index (χ3v) is 6.43. The number of hydrogen-bond donors (Lipinski definition) is 0. The molecular formula is C19H21N3O4S. The SMILES string of the molecule is CCn1c(-c2ccc3c(c2)OCCO3)nc2cc(S(=O)(=O)N(C)C)ccc21. The molecule has 0 saturated carbocycles. The molecular weight excluding hydrogens is 366 g/mol. The van der Waals surface area contributed by atoms with E-state index in [-0.39, 0.29) is 4.90 Å². The van der Waals surface area contributed by atoms with Gasteiger partial charge in [-0.2, -0.15) is 0 Å². The zero-order chi connectivity index (χ0) is 19.2. The van der Waals surface area contributed by atoms with Crippen molar-refractivity contribution >= 4 is 21.1 Å². The summed E-state index contributed by atoms with van der Waals surface area (Å²) in [6, 6.07) is 10.8. The van der Waals surface area contributed by atoms with Gasteiger partial charge in [-0.05, 0) is 43.3 Å². The third kappa shape index (κ3) is 2.94. The van der Waals surface area contributed by atoms with Gasteiger partial charge in [0, 0.05) is 26.2 Å². The number of hydrogen-bond acceptors (Lipinski definition) is 5. The van der Waals surface area contributed by atoms with Gasteiger partial charge in [0.25, 0.3) is 0 Å². The largest absolute Gasteiger partial charge is 0.486 e. The van der Waals surface area contributed by atoms with Crippen molar-refractivity contribution in [3.63, 3.8) is 0 Å². The highest BCUT2D eigenvalue weighted by Crippen LogP contribution is 2.35. The predicted octanol–water partition coefficient (Wildman–Crippen LogP) is 2.74. The molecule has 0 amide bonds. The van der Waals surface area contributed by atoms with E-state index in [1.165, 1.54) is 18.4 Å². The van der Waals surface area contributed by atoms with Gasteiger partial charge in [0.05, 0.1) is 15.9 Å². The molecule has 7 nitrogen and oxygen atoms in total. The van der Waals surface area contributed by atoms with Gasteiger partial charge < -0.3 is 14.0 Å². The number of aromatic nitrogens is 2. The summed E-state index contributed by atoms with van der Waals surface area (Å²) in [5.74, 6) is 2.19. The fourth-order valence-electron chi connectivity index (χ4n) is 3.20. The summed E-state index contributed by atoms with van der Waals surface area (Å²) >= 11 is 0. The fourth-order valence-corrected chi connectivity index (χ4v) is 4.13. The lowest BCUT2D eigenvalue weighted by Gasteiger charge is -2.19. The van der Waals surface area contributed by atoms with Gasteiger partial charge in [-0.3, -0.25) is 0 Å². The van der Waals surface area contributed by atoms with Gasteiger partial charge in [0.2, 0.25) is 10.0 Å². The zero-order valence-corrected chi connectivity index (χ0v) is 16.3. The van der Waals surface area contributed by atoms with Crippen LogP contribution in [0.3, 0.4) is 0 Å². The van der Waals surface area contributed by atoms with Crippen LogP contribution in [0, 0.1) is 0 Å². The average molecular weight is 387 g/mol. The highest BCUT2D eigenvalue weighted by molar-refractivity contribution is 7.89. The van der Waals surface area contributed by atoms with E-state index in [1.807, 2.05) is 31.2 Å². The van der Waals surface area contributed by atoms with Crippen LogP contribution in [0.25, 0.3) is 22.4 Å². The van der Waals surface area contributed by atoms with Crippen LogP contribution in [0.1, 0.15) is 6.92 Å². The Bertz CT molecular complexity index is 1120. The lowest BCUT2D eigenvalue weighted by atomic mass is 10.2. The van der Waals surface area contributed by atoms with Crippen LogP contribution in [0.15, 0.2) is 41.3 Å². The molecule has 0 N–H and O–H groups in total. The number of imidazole rings is 1. The van der Waals surface area contributed by atoms with Crippen molar-refractivity contribution in [1.82, 2.24) is 13.9 Å². The lowest BCUT2D eigenvalue weighted by Crippen LogP contribution is -2.22. The Hall–Kier alpha value is -2.58. The second kappa shape index (κ2) is 6.54. The second-order valence-electron chi connectivity index (χ2n) is 6.48. The van der Waals surface area contributed by atoms with Crippen molar-refractivity contribution < 1.29 is 17.9 Å². The minimum absolute atomic E-state index is 0.231. The van der Waals surface area contributed by atoms with Gasteiger partial charge in [0.15, 0.2) is 11.5 Å². The predicted molar refractivity (Wildman–Crippen MR) is 103 cm³/mol. The number of sulfonamides is 1. The van der Waals surface area contributed by atoms with E-state index in [4.69, 9.17) is 14.5 Å². The number of rotatable bonds is 4. The maximum atomic E-state index is 12.4. The molecule has 27 heavy (non-hydrogen) atoms. The van der Waals surface area contributed by atoms with Crippen molar-refractivity contribution in [2.24, 2.45) is 0 Å². The second-order valence-corrected chi connectivity index (χ2v) is 8.63. The average Bonchev–Trinajstić information content (AvgIpc) is 3.05. The van der Waals surface area contributed by atoms with Crippen LogP contribution in [0.5, 0.6) is 11.5 Å². The van der Waals surface area contributed by atoms with E-state index in [0.29, 0.717) is 31.0 Å². The van der Waals surface area contributed by atoms with Gasteiger partial charge in [0.1, 0.15) is 19.0 Å². The quantitative estimate of drug-likeness (QED) is 0.688. The van der Waals surface area contributed by atoms with Crippen LogP contribution < -0.4 is 9.47 Å². The first kappa shape index (κ1) is 17.8. The number of benzene rings is 2. The molecule has 0 bridgehead atoms. The minimum atomic E-state index is -3.51. The summed E-state index contributed by atoms with van der Waals surface area (Å²) in [4.78, 5) is 4.95. The Morgan fingerprint density at radius 1 is 1.07 bits per heavy atom. The molecule has 0 saturated heterocycles. The van der Waals surface area contributed by atoms with Crippen molar-refractivity contribution in [1.29, 1.82) is 0 Å². The Balaban J connectivity index is 1.86. The Morgan fingerprint density at radius 2 is 1.81 bits per heavy atom. The van der Waals surface area contributed by atoms with Crippen LogP contribution in [0.2, 0.25) is 0 Å². The Labute approximate surface area is 158 Å². The van der Waals surface area contributed by atoms with Crippen LogP contribution >= 0.6 is 0 Å². The molecule has 8 heteroatoms. The molecule has 2 aromatic carbocycles. The monoisotopic (exact) mass is 387 g/mol. The topological polar surface area (TPSA) is 73.7 Å². The van der Waals surface area contributed by atoms with E-state index in [2.05, 4.69) is 4.57 Å². The molecule has 3 aromatic rings. The molecule has 4 rings (SSSR count). The number of nitrogens with zero attached hydrogens (tertiary/aromatic N) is 3. The molecule has 1 aliphatic heterocycles. The van der Waals surface area contributed by atoms with Gasteiger partial charge >= 0.3 is 0 Å². The number of fused-ring (bicyclic) bond motifs is 2. The Morgan fingerprint density at radius 3 is 2.52 bits per heavy atom. The molecule has 0 atom stereocenters. The molecule has 0 spiro atoms. The van der Waals surface area contributed by atoms with Gasteiger partial charge in [-0.1, -0.05) is 0 Å². The molecule has 1 aliphatic rings. The molecule has 0 unspecified atom stereocenters. The van der Waals surface area contributed by atoms with E-state index >= 15 is 0 Å². The molecule has 1 aromatic heterocycles. The first-order valence-electron chi connectivity index (χ1n) is 8.74. The summed E-state index contributed by atoms with van der Waals surface area (Å²) in [5.41, 5.74) is 2.43. The van der Waals surface area contributed by atoms with E-state index in [1.54, 1.807) is 12.1 Å². The smallest absolute Gasteiger partial charge is 0.242 e. The van der Waals surface area contributed by atoms with Gasteiger partial charge in [-0.15, -0.1) is 0 Å². The summed E-state index contributed by atoms with van der Waals surface area (Å²) in [5, 5.41) is 0.